The Kier molecular flexibility index (Phi) is 2.64. The maximum absolute atomic E-state index is 9.61. The fourth-order valence-corrected chi connectivity index (χ4v) is 2.00. The van der Waals surface area contributed by atoms with Crippen LogP contribution in [0, 0.1) is 0 Å². The average molecular weight is 233 g/mol. The molecule has 2 nitrogen and oxygen atoms in total. The third-order valence-corrected chi connectivity index (χ3v) is 2.92. The quantitative estimate of drug-likeness (QED) is 0.702. The van der Waals surface area contributed by atoms with Crippen LogP contribution in [0.4, 0.5) is 0 Å². The van der Waals surface area contributed by atoms with Crippen molar-refractivity contribution in [3.05, 3.63) is 23.5 Å². The Labute approximate surface area is 81.0 Å². The first kappa shape index (κ1) is 9.81. The zero-order chi connectivity index (χ0) is 9.35. The van der Waals surface area contributed by atoms with E-state index in [1.165, 1.54) is 0 Å². The molecule has 0 amide bonds. The molecule has 1 aliphatic rings. The second-order valence-electron chi connectivity index (χ2n) is 3.10. The summed E-state index contributed by atoms with van der Waals surface area (Å²) in [4.78, 5) is 0. The van der Waals surface area contributed by atoms with E-state index in [4.69, 9.17) is 4.74 Å². The van der Waals surface area contributed by atoms with Crippen LogP contribution < -0.4 is 0 Å². The summed E-state index contributed by atoms with van der Waals surface area (Å²) >= 11 is 3.44. The van der Waals surface area contributed by atoms with Gasteiger partial charge in [-0.05, 0) is 19.4 Å². The first-order chi connectivity index (χ1) is 5.50. The molecule has 1 rings (SSSR count). The minimum Gasteiger partial charge on any atom is -0.499 e. The highest BCUT2D eigenvalue weighted by molar-refractivity contribution is 9.10. The highest BCUT2D eigenvalue weighted by atomic mass is 79.9. The lowest BCUT2D eigenvalue weighted by atomic mass is 9.93. The minimum absolute atomic E-state index is 0.486. The van der Waals surface area contributed by atoms with Crippen LogP contribution in [0.15, 0.2) is 23.5 Å². The van der Waals surface area contributed by atoms with Crippen molar-refractivity contribution in [2.75, 3.05) is 7.11 Å². The Hall–Kier alpha value is -0.280. The fraction of sp³-hybridized carbons (Fsp3) is 0.556. The molecule has 0 fully saturated rings. The van der Waals surface area contributed by atoms with Gasteiger partial charge in [0.15, 0.2) is 0 Å². The number of aliphatic hydroxyl groups is 1. The Balaban J connectivity index is 3.08. The minimum atomic E-state index is -0.531. The van der Waals surface area contributed by atoms with Crippen molar-refractivity contribution in [2.45, 2.75) is 24.3 Å². The van der Waals surface area contributed by atoms with Crippen LogP contribution in [0.5, 0.6) is 0 Å². The molecule has 0 saturated carbocycles. The third-order valence-electron chi connectivity index (χ3n) is 2.09. The standard InChI is InChI=1S/C9H13BrO2/c1-6-4-5-7(11)9(2,10)8(6)12-3/h4-5,7,11H,1-3H3. The predicted octanol–water partition coefficient (Wildman–Crippen LogP) is 1.99. The van der Waals surface area contributed by atoms with Crippen LogP contribution in [-0.4, -0.2) is 22.6 Å². The molecule has 0 aliphatic heterocycles. The topological polar surface area (TPSA) is 29.5 Å². The second kappa shape index (κ2) is 3.23. The molecule has 0 radical (unpaired) electrons. The van der Waals surface area contributed by atoms with Crippen LogP contribution >= 0.6 is 15.9 Å². The van der Waals surface area contributed by atoms with E-state index in [1.54, 1.807) is 13.2 Å². The Morgan fingerprint density at radius 3 is 2.67 bits per heavy atom. The van der Waals surface area contributed by atoms with Gasteiger partial charge in [-0.25, -0.2) is 0 Å². The number of aliphatic hydroxyl groups excluding tert-OH is 1. The van der Waals surface area contributed by atoms with Gasteiger partial charge in [-0.1, -0.05) is 28.1 Å². The van der Waals surface area contributed by atoms with Crippen molar-refractivity contribution in [3.63, 3.8) is 0 Å². The number of allylic oxidation sites excluding steroid dienone is 2. The fourth-order valence-electron chi connectivity index (χ4n) is 1.37. The molecule has 1 aliphatic carbocycles. The number of hydrogen-bond donors (Lipinski definition) is 1. The van der Waals surface area contributed by atoms with Gasteiger partial charge >= 0.3 is 0 Å². The van der Waals surface area contributed by atoms with Crippen LogP contribution in [0.2, 0.25) is 0 Å². The van der Waals surface area contributed by atoms with Crippen molar-refractivity contribution in [1.82, 2.24) is 0 Å². The Morgan fingerprint density at radius 1 is 1.67 bits per heavy atom. The second-order valence-corrected chi connectivity index (χ2v) is 4.74. The van der Waals surface area contributed by atoms with E-state index in [-0.39, 0.29) is 0 Å². The van der Waals surface area contributed by atoms with Gasteiger partial charge in [-0.3, -0.25) is 0 Å². The van der Waals surface area contributed by atoms with Gasteiger partial charge in [0.25, 0.3) is 0 Å². The van der Waals surface area contributed by atoms with Gasteiger partial charge in [-0.2, -0.15) is 0 Å². The van der Waals surface area contributed by atoms with E-state index in [9.17, 15) is 5.11 Å². The van der Waals surface area contributed by atoms with Gasteiger partial charge in [0.2, 0.25) is 0 Å². The normalized spacial score (nSPS) is 35.6. The molecule has 12 heavy (non-hydrogen) atoms. The summed E-state index contributed by atoms with van der Waals surface area (Å²) in [7, 11) is 1.62. The molecular weight excluding hydrogens is 220 g/mol. The van der Waals surface area contributed by atoms with Gasteiger partial charge in [0.05, 0.1) is 13.2 Å². The monoisotopic (exact) mass is 232 g/mol. The highest BCUT2D eigenvalue weighted by Gasteiger charge is 2.37. The number of rotatable bonds is 1. The van der Waals surface area contributed by atoms with E-state index in [2.05, 4.69) is 15.9 Å². The zero-order valence-corrected chi connectivity index (χ0v) is 9.05. The van der Waals surface area contributed by atoms with Crippen molar-refractivity contribution in [3.8, 4) is 0 Å². The maximum Gasteiger partial charge on any atom is 0.118 e. The lowest BCUT2D eigenvalue weighted by Crippen LogP contribution is -2.36. The molecule has 68 valence electrons. The summed E-state index contributed by atoms with van der Waals surface area (Å²) in [6.07, 6.45) is 3.09. The molecule has 0 aromatic heterocycles. The van der Waals surface area contributed by atoms with Crippen molar-refractivity contribution in [2.24, 2.45) is 0 Å². The first-order valence-corrected chi connectivity index (χ1v) is 4.60. The molecule has 3 heteroatoms. The van der Waals surface area contributed by atoms with E-state index in [1.807, 2.05) is 19.9 Å². The number of ether oxygens (including phenoxy) is 1. The van der Waals surface area contributed by atoms with Gasteiger partial charge < -0.3 is 9.84 Å². The molecule has 2 atom stereocenters. The molecule has 0 aromatic rings. The average Bonchev–Trinajstić information content (AvgIpc) is 1.98. The van der Waals surface area contributed by atoms with E-state index in [0.717, 1.165) is 11.3 Å². The summed E-state index contributed by atoms with van der Waals surface area (Å²) in [6.45, 7) is 3.85. The van der Waals surface area contributed by atoms with Gasteiger partial charge in [0.1, 0.15) is 10.1 Å². The predicted molar refractivity (Wildman–Crippen MR) is 52.2 cm³/mol. The smallest absolute Gasteiger partial charge is 0.118 e. The van der Waals surface area contributed by atoms with Crippen molar-refractivity contribution in [1.29, 1.82) is 0 Å². The van der Waals surface area contributed by atoms with Crippen LogP contribution in [0.3, 0.4) is 0 Å². The largest absolute Gasteiger partial charge is 0.499 e. The molecule has 0 spiro atoms. The number of methoxy groups -OCH3 is 1. The molecule has 0 saturated heterocycles. The van der Waals surface area contributed by atoms with E-state index < -0.39 is 10.4 Å². The molecular formula is C9H13BrO2. The highest BCUT2D eigenvalue weighted by Crippen LogP contribution is 2.37. The molecule has 0 aromatic carbocycles. The Morgan fingerprint density at radius 2 is 2.25 bits per heavy atom. The maximum atomic E-state index is 9.61. The van der Waals surface area contributed by atoms with Crippen LogP contribution in [0.25, 0.3) is 0 Å². The lowest BCUT2D eigenvalue weighted by Gasteiger charge is -2.32. The number of hydrogen-bond acceptors (Lipinski definition) is 2. The van der Waals surface area contributed by atoms with Crippen molar-refractivity contribution < 1.29 is 9.84 Å². The number of alkyl halides is 1. The SMILES string of the molecule is COC1=C(C)C=CC(O)C1(C)Br. The third kappa shape index (κ3) is 1.43. The molecule has 2 unspecified atom stereocenters. The Bertz CT molecular complexity index is 241. The van der Waals surface area contributed by atoms with Gasteiger partial charge in [-0.15, -0.1) is 0 Å². The van der Waals surface area contributed by atoms with E-state index >= 15 is 0 Å². The lowest BCUT2D eigenvalue weighted by molar-refractivity contribution is 0.150. The first-order valence-electron chi connectivity index (χ1n) is 3.80. The molecule has 0 heterocycles. The summed E-state index contributed by atoms with van der Waals surface area (Å²) in [5, 5.41) is 9.61. The summed E-state index contributed by atoms with van der Waals surface area (Å²) in [5.41, 5.74) is 1.04. The van der Waals surface area contributed by atoms with Crippen molar-refractivity contribution >= 4 is 15.9 Å². The van der Waals surface area contributed by atoms with Crippen LogP contribution in [0.1, 0.15) is 13.8 Å². The zero-order valence-electron chi connectivity index (χ0n) is 7.47. The summed E-state index contributed by atoms with van der Waals surface area (Å²) < 4.78 is 4.73. The number of halogens is 1. The van der Waals surface area contributed by atoms with Crippen LogP contribution in [-0.2, 0) is 4.74 Å². The summed E-state index contributed by atoms with van der Waals surface area (Å²) in [5.74, 6) is 0.789. The van der Waals surface area contributed by atoms with E-state index in [0.29, 0.717) is 0 Å². The summed E-state index contributed by atoms with van der Waals surface area (Å²) in [6, 6.07) is 0. The van der Waals surface area contributed by atoms with Gasteiger partial charge in [0, 0.05) is 0 Å². The molecule has 0 bridgehead atoms. The molecule has 1 N–H and O–H groups in total.